The summed E-state index contributed by atoms with van der Waals surface area (Å²) in [7, 11) is 0. The molecular weight excluding hydrogens is 176 g/mol. The summed E-state index contributed by atoms with van der Waals surface area (Å²) in [5, 5.41) is 5.09. The fourth-order valence-corrected chi connectivity index (χ4v) is 1.80. The van der Waals surface area contributed by atoms with Gasteiger partial charge in [0.25, 0.3) is 0 Å². The smallest absolute Gasteiger partial charge is 0.244 e. The minimum Gasteiger partial charge on any atom is -0.273 e. The number of rotatable bonds is 0. The zero-order chi connectivity index (χ0) is 10.3. The van der Waals surface area contributed by atoms with Crippen molar-refractivity contribution in [3.63, 3.8) is 0 Å². The van der Waals surface area contributed by atoms with Gasteiger partial charge in [-0.25, -0.2) is 4.68 Å². The highest BCUT2D eigenvalue weighted by Gasteiger charge is 2.08. The topological polar surface area (TPSA) is 34.9 Å². The molecule has 14 heavy (non-hydrogen) atoms. The molecule has 0 bridgehead atoms. The first-order valence-corrected chi connectivity index (χ1v) is 4.55. The molecule has 0 radical (unpaired) electrons. The Balaban J connectivity index is 2.85. The van der Waals surface area contributed by atoms with Gasteiger partial charge in [-0.1, -0.05) is 11.6 Å². The molecule has 1 heterocycles. The van der Waals surface area contributed by atoms with Crippen LogP contribution in [0.25, 0.3) is 10.9 Å². The van der Waals surface area contributed by atoms with Crippen molar-refractivity contribution in [2.45, 2.75) is 20.8 Å². The van der Waals surface area contributed by atoms with Gasteiger partial charge in [0.2, 0.25) is 5.91 Å². The van der Waals surface area contributed by atoms with E-state index in [4.69, 9.17) is 0 Å². The Labute approximate surface area is 82.3 Å². The summed E-state index contributed by atoms with van der Waals surface area (Å²) < 4.78 is 1.45. The Bertz CT molecular complexity index is 511. The van der Waals surface area contributed by atoms with Crippen molar-refractivity contribution in [2.24, 2.45) is 0 Å². The minimum absolute atomic E-state index is 0.0491. The summed E-state index contributed by atoms with van der Waals surface area (Å²) in [6, 6.07) is 4.10. The van der Waals surface area contributed by atoms with Gasteiger partial charge in [-0.2, -0.15) is 5.10 Å². The molecule has 0 fully saturated rings. The predicted octanol–water partition coefficient (Wildman–Crippen LogP) is 2.31. The summed E-state index contributed by atoms with van der Waals surface area (Å²) in [6.45, 7) is 5.56. The molecule has 0 saturated carbocycles. The number of nitrogens with zero attached hydrogens (tertiary/aromatic N) is 2. The fourth-order valence-electron chi connectivity index (χ4n) is 1.80. The maximum atomic E-state index is 11.3. The molecule has 1 aromatic carbocycles. The van der Waals surface area contributed by atoms with Gasteiger partial charge in [-0.15, -0.1) is 0 Å². The maximum Gasteiger partial charge on any atom is 0.244 e. The van der Waals surface area contributed by atoms with Crippen molar-refractivity contribution in [2.75, 3.05) is 0 Å². The van der Waals surface area contributed by atoms with Gasteiger partial charge in [0.1, 0.15) is 0 Å². The van der Waals surface area contributed by atoms with E-state index in [9.17, 15) is 4.79 Å². The van der Waals surface area contributed by atoms with Crippen LogP contribution in [0.2, 0.25) is 0 Å². The van der Waals surface area contributed by atoms with Crippen LogP contribution < -0.4 is 0 Å². The van der Waals surface area contributed by atoms with Gasteiger partial charge in [0.15, 0.2) is 0 Å². The number of carbonyl (C=O) groups is 1. The van der Waals surface area contributed by atoms with E-state index in [0.717, 1.165) is 16.5 Å². The number of benzene rings is 1. The van der Waals surface area contributed by atoms with Crippen molar-refractivity contribution in [1.82, 2.24) is 9.78 Å². The van der Waals surface area contributed by atoms with E-state index in [2.05, 4.69) is 11.2 Å². The largest absolute Gasteiger partial charge is 0.273 e. The Morgan fingerprint density at radius 3 is 2.71 bits per heavy atom. The third-order valence-electron chi connectivity index (χ3n) is 2.30. The molecular formula is C11H12N2O. The summed E-state index contributed by atoms with van der Waals surface area (Å²) >= 11 is 0. The van der Waals surface area contributed by atoms with E-state index in [1.165, 1.54) is 17.2 Å². The average molecular weight is 188 g/mol. The van der Waals surface area contributed by atoms with Crippen molar-refractivity contribution in [1.29, 1.82) is 0 Å². The second kappa shape index (κ2) is 2.94. The molecule has 0 aliphatic rings. The van der Waals surface area contributed by atoms with E-state index in [0.29, 0.717) is 0 Å². The predicted molar refractivity (Wildman–Crippen MR) is 55.5 cm³/mol. The monoisotopic (exact) mass is 188 g/mol. The SMILES string of the molecule is CC(=O)n1ncc2cc(C)cc(C)c21. The summed E-state index contributed by atoms with van der Waals surface area (Å²) in [6.07, 6.45) is 1.73. The lowest BCUT2D eigenvalue weighted by Gasteiger charge is -2.02. The molecule has 72 valence electrons. The summed E-state index contributed by atoms with van der Waals surface area (Å²) in [5.41, 5.74) is 3.20. The number of fused-ring (bicyclic) bond motifs is 1. The normalized spacial score (nSPS) is 10.8. The number of aryl methyl sites for hydroxylation is 2. The molecule has 0 aliphatic heterocycles. The van der Waals surface area contributed by atoms with E-state index in [1.807, 2.05) is 19.9 Å². The molecule has 0 N–H and O–H groups in total. The number of hydrogen-bond donors (Lipinski definition) is 0. The molecule has 0 saturated heterocycles. The minimum atomic E-state index is -0.0491. The lowest BCUT2D eigenvalue weighted by molar-refractivity contribution is 0.0926. The van der Waals surface area contributed by atoms with Crippen LogP contribution in [0.3, 0.4) is 0 Å². The van der Waals surface area contributed by atoms with E-state index < -0.39 is 0 Å². The second-order valence-electron chi connectivity index (χ2n) is 3.60. The zero-order valence-corrected chi connectivity index (χ0v) is 8.53. The van der Waals surface area contributed by atoms with E-state index in [-0.39, 0.29) is 5.91 Å². The molecule has 3 heteroatoms. The molecule has 2 rings (SSSR count). The number of carbonyl (C=O) groups excluding carboxylic acids is 1. The first-order chi connectivity index (χ1) is 6.59. The molecule has 0 unspecified atom stereocenters. The number of aromatic nitrogens is 2. The van der Waals surface area contributed by atoms with Crippen molar-refractivity contribution in [3.05, 3.63) is 29.5 Å². The Morgan fingerprint density at radius 1 is 1.36 bits per heavy atom. The van der Waals surface area contributed by atoms with Crippen LogP contribution in [0, 0.1) is 13.8 Å². The van der Waals surface area contributed by atoms with Gasteiger partial charge in [0.05, 0.1) is 11.7 Å². The molecule has 1 aromatic heterocycles. The third kappa shape index (κ3) is 1.21. The van der Waals surface area contributed by atoms with Crippen LogP contribution in [0.15, 0.2) is 18.3 Å². The van der Waals surface area contributed by atoms with Crippen molar-refractivity contribution < 1.29 is 4.79 Å². The zero-order valence-electron chi connectivity index (χ0n) is 8.53. The van der Waals surface area contributed by atoms with Crippen LogP contribution >= 0.6 is 0 Å². The molecule has 0 amide bonds. The summed E-state index contributed by atoms with van der Waals surface area (Å²) in [5.74, 6) is -0.0491. The van der Waals surface area contributed by atoms with Gasteiger partial charge in [0, 0.05) is 12.3 Å². The highest BCUT2D eigenvalue weighted by atomic mass is 16.2. The quantitative estimate of drug-likeness (QED) is 0.636. The fraction of sp³-hybridized carbons (Fsp3) is 0.273. The number of hydrogen-bond acceptors (Lipinski definition) is 2. The van der Waals surface area contributed by atoms with Gasteiger partial charge >= 0.3 is 0 Å². The van der Waals surface area contributed by atoms with Crippen molar-refractivity contribution in [3.8, 4) is 0 Å². The van der Waals surface area contributed by atoms with E-state index in [1.54, 1.807) is 6.20 Å². The Morgan fingerprint density at radius 2 is 2.07 bits per heavy atom. The Kier molecular flexibility index (Phi) is 1.88. The van der Waals surface area contributed by atoms with Gasteiger partial charge < -0.3 is 0 Å². The molecule has 0 aliphatic carbocycles. The third-order valence-corrected chi connectivity index (χ3v) is 2.30. The van der Waals surface area contributed by atoms with Gasteiger partial charge in [-0.05, 0) is 25.5 Å². The maximum absolute atomic E-state index is 11.3. The van der Waals surface area contributed by atoms with Crippen LogP contribution in [-0.4, -0.2) is 15.7 Å². The standard InChI is InChI=1S/C11H12N2O/c1-7-4-8(2)11-10(5-7)6-12-13(11)9(3)14/h4-6H,1-3H3. The lowest BCUT2D eigenvalue weighted by Crippen LogP contribution is -2.07. The Hall–Kier alpha value is -1.64. The second-order valence-corrected chi connectivity index (χ2v) is 3.60. The molecule has 0 spiro atoms. The molecule has 0 atom stereocenters. The molecule has 3 nitrogen and oxygen atoms in total. The molecule has 2 aromatic rings. The first kappa shape index (κ1) is 8.94. The van der Waals surface area contributed by atoms with Crippen LogP contribution in [-0.2, 0) is 0 Å². The first-order valence-electron chi connectivity index (χ1n) is 4.55. The average Bonchev–Trinajstić information content (AvgIpc) is 2.47. The summed E-state index contributed by atoms with van der Waals surface area (Å²) in [4.78, 5) is 11.3. The van der Waals surface area contributed by atoms with E-state index >= 15 is 0 Å². The highest BCUT2D eigenvalue weighted by Crippen LogP contribution is 2.19. The lowest BCUT2D eigenvalue weighted by atomic mass is 10.1. The van der Waals surface area contributed by atoms with Crippen LogP contribution in [0.4, 0.5) is 0 Å². The van der Waals surface area contributed by atoms with Gasteiger partial charge in [-0.3, -0.25) is 4.79 Å². The van der Waals surface area contributed by atoms with Crippen LogP contribution in [0.1, 0.15) is 22.8 Å². The van der Waals surface area contributed by atoms with Crippen LogP contribution in [0.5, 0.6) is 0 Å². The highest BCUT2D eigenvalue weighted by molar-refractivity contribution is 5.91. The van der Waals surface area contributed by atoms with Crippen molar-refractivity contribution >= 4 is 16.8 Å².